The van der Waals surface area contributed by atoms with E-state index in [1.54, 1.807) is 0 Å². The van der Waals surface area contributed by atoms with Crippen LogP contribution < -0.4 is 0 Å². The molecule has 0 unspecified atom stereocenters. The maximum atomic E-state index is 0. The van der Waals surface area contributed by atoms with E-state index in [0.29, 0.717) is 0 Å². The molecule has 0 saturated heterocycles. The van der Waals surface area contributed by atoms with Gasteiger partial charge in [0.15, 0.2) is 0 Å². The van der Waals surface area contributed by atoms with Crippen LogP contribution in [0.1, 0.15) is 0 Å². The predicted octanol–water partition coefficient (Wildman–Crippen LogP) is -1.65. The molecule has 0 atom stereocenters. The van der Waals surface area contributed by atoms with Crippen LogP contribution in [0.5, 0.6) is 0 Å². The Bertz CT molecular complexity index is 6.00. The average Bonchev–Trinajstić information content (AvgIpc) is 0. The van der Waals surface area contributed by atoms with Crippen LogP contribution in [-0.4, -0.2) is 11.0 Å². The summed E-state index contributed by atoms with van der Waals surface area (Å²) >= 11 is 0. The van der Waals surface area contributed by atoms with Crippen molar-refractivity contribution in [2.75, 3.05) is 0 Å². The van der Waals surface area contributed by atoms with Crippen LogP contribution in [0.2, 0.25) is 0 Å². The van der Waals surface area contributed by atoms with Gasteiger partial charge in [0.25, 0.3) is 0 Å². The molecule has 0 aliphatic heterocycles. The smallest absolute Gasteiger partial charge is 0 e. The van der Waals surface area contributed by atoms with Crippen molar-refractivity contribution in [3.8, 4) is 0 Å². The Morgan fingerprint density at radius 1 is 0.750 bits per heavy atom. The van der Waals surface area contributed by atoms with E-state index in [0.717, 1.165) is 0 Å². The molecule has 0 bridgehead atoms. The van der Waals surface area contributed by atoms with Gasteiger partial charge in [0, 0.05) is 39.4 Å². The molecule has 4 heteroatoms. The molecule has 0 aromatic carbocycles. The topological polar surface area (TPSA) is 63.0 Å². The molecule has 0 rings (SSSR count). The summed E-state index contributed by atoms with van der Waals surface area (Å²) in [6.07, 6.45) is 0. The van der Waals surface area contributed by atoms with Gasteiger partial charge in [-0.2, -0.15) is 0 Å². The Morgan fingerprint density at radius 3 is 0.750 bits per heavy atom. The van der Waals surface area contributed by atoms with Gasteiger partial charge in [-0.3, -0.25) is 0 Å². The van der Waals surface area contributed by atoms with Gasteiger partial charge in [-0.1, -0.05) is 0 Å². The van der Waals surface area contributed by atoms with E-state index in [1.165, 1.54) is 0 Å². The van der Waals surface area contributed by atoms with Crippen molar-refractivity contribution in [2.24, 2.45) is 0 Å². The van der Waals surface area contributed by atoms with Gasteiger partial charge in [-0.05, 0) is 0 Å². The molecule has 2 radical (unpaired) electrons. The Hall–Kier alpha value is 1.18. The standard InChI is InChI=1S/Ag.Mn.2H2O/h;;2*1H2. The fraction of sp³-hybridized carbons (Fsp3) is 0. The zero-order valence-electron chi connectivity index (χ0n) is 1.68. The van der Waals surface area contributed by atoms with E-state index in [2.05, 4.69) is 0 Å². The summed E-state index contributed by atoms with van der Waals surface area (Å²) in [5, 5.41) is 0. The molecule has 0 aliphatic carbocycles. The van der Waals surface area contributed by atoms with Crippen molar-refractivity contribution in [3.63, 3.8) is 0 Å². The van der Waals surface area contributed by atoms with E-state index in [1.807, 2.05) is 0 Å². The second-order valence-corrected chi connectivity index (χ2v) is 0. The van der Waals surface area contributed by atoms with Crippen molar-refractivity contribution in [1.29, 1.82) is 0 Å². The van der Waals surface area contributed by atoms with Crippen molar-refractivity contribution in [3.05, 3.63) is 0 Å². The van der Waals surface area contributed by atoms with E-state index in [9.17, 15) is 0 Å². The maximum Gasteiger partial charge on any atom is 0 e. The first kappa shape index (κ1) is 65.0. The summed E-state index contributed by atoms with van der Waals surface area (Å²) in [6.45, 7) is 0. The van der Waals surface area contributed by atoms with Crippen LogP contribution in [0.25, 0.3) is 0 Å². The van der Waals surface area contributed by atoms with Gasteiger partial charge in [0.05, 0.1) is 0 Å². The number of hydrogen-bond acceptors (Lipinski definition) is 0. The first-order valence-electron chi connectivity index (χ1n) is 0. The molecule has 0 aliphatic rings. The number of hydrogen-bond donors (Lipinski definition) is 0. The average molecular weight is 199 g/mol. The molecule has 0 fully saturated rings. The van der Waals surface area contributed by atoms with Crippen LogP contribution in [0.4, 0.5) is 0 Å². The Labute approximate surface area is 50.6 Å². The molecule has 0 saturated carbocycles. The van der Waals surface area contributed by atoms with E-state index >= 15 is 0 Å². The maximum absolute atomic E-state index is 0. The zero-order valence-corrected chi connectivity index (χ0v) is 4.34. The third-order valence-corrected chi connectivity index (χ3v) is 0. The van der Waals surface area contributed by atoms with Gasteiger partial charge < -0.3 is 11.0 Å². The third-order valence-electron chi connectivity index (χ3n) is 0. The summed E-state index contributed by atoms with van der Waals surface area (Å²) in [4.78, 5) is 0. The minimum atomic E-state index is 0. The SMILES string of the molecule is O.O.[Ag].[Mn]. The molecule has 0 aromatic heterocycles. The van der Waals surface area contributed by atoms with Crippen molar-refractivity contribution in [1.82, 2.24) is 0 Å². The molecular weight excluding hydrogens is 195 g/mol. The first-order valence-corrected chi connectivity index (χ1v) is 0. The molecule has 2 nitrogen and oxygen atoms in total. The van der Waals surface area contributed by atoms with E-state index in [4.69, 9.17) is 0 Å². The van der Waals surface area contributed by atoms with Gasteiger partial charge in [0.2, 0.25) is 0 Å². The molecular formula is H4AgMnO2. The molecule has 4 N–H and O–H groups in total. The molecule has 34 valence electrons. The van der Waals surface area contributed by atoms with Crippen LogP contribution in [0.15, 0.2) is 0 Å². The Kier molecular flexibility index (Phi) is 494. The van der Waals surface area contributed by atoms with Crippen LogP contribution in [-0.2, 0) is 39.4 Å². The molecule has 4 heavy (non-hydrogen) atoms. The van der Waals surface area contributed by atoms with Crippen LogP contribution in [0, 0.1) is 0 Å². The monoisotopic (exact) mass is 198 g/mol. The largest absolute Gasteiger partial charge is 0.412 e. The molecule has 0 amide bonds. The number of rotatable bonds is 0. The summed E-state index contributed by atoms with van der Waals surface area (Å²) in [7, 11) is 0. The van der Waals surface area contributed by atoms with E-state index in [-0.39, 0.29) is 50.4 Å². The fourth-order valence-corrected chi connectivity index (χ4v) is 0. The summed E-state index contributed by atoms with van der Waals surface area (Å²) < 4.78 is 0. The molecule has 0 heterocycles. The Balaban J connectivity index is 0. The van der Waals surface area contributed by atoms with E-state index < -0.39 is 0 Å². The minimum absolute atomic E-state index is 0. The Morgan fingerprint density at radius 2 is 0.750 bits per heavy atom. The van der Waals surface area contributed by atoms with Crippen molar-refractivity contribution in [2.45, 2.75) is 0 Å². The quantitative estimate of drug-likeness (QED) is 0.419. The summed E-state index contributed by atoms with van der Waals surface area (Å²) in [5.74, 6) is 0. The molecule has 0 aromatic rings. The van der Waals surface area contributed by atoms with Gasteiger partial charge in [-0.25, -0.2) is 0 Å². The first-order chi connectivity index (χ1) is 0. The minimum Gasteiger partial charge on any atom is -0.412 e. The van der Waals surface area contributed by atoms with Crippen LogP contribution in [0.3, 0.4) is 0 Å². The van der Waals surface area contributed by atoms with Crippen molar-refractivity contribution < 1.29 is 50.4 Å². The third kappa shape index (κ3) is 10.9. The second kappa shape index (κ2) is 30.4. The van der Waals surface area contributed by atoms with Gasteiger partial charge >= 0.3 is 0 Å². The predicted molar refractivity (Wildman–Crippen MR) is 7.23 cm³/mol. The normalized spacial score (nSPS) is 0. The summed E-state index contributed by atoms with van der Waals surface area (Å²) in [6, 6.07) is 0. The van der Waals surface area contributed by atoms with Gasteiger partial charge in [0.1, 0.15) is 0 Å². The van der Waals surface area contributed by atoms with Gasteiger partial charge in [-0.15, -0.1) is 0 Å². The summed E-state index contributed by atoms with van der Waals surface area (Å²) in [5.41, 5.74) is 0. The second-order valence-electron chi connectivity index (χ2n) is 0. The zero-order chi connectivity index (χ0) is 0. The van der Waals surface area contributed by atoms with Crippen molar-refractivity contribution >= 4 is 0 Å². The molecule has 0 spiro atoms. The fourth-order valence-electron chi connectivity index (χ4n) is 0. The van der Waals surface area contributed by atoms with Crippen LogP contribution >= 0.6 is 0 Å².